The van der Waals surface area contributed by atoms with Gasteiger partial charge in [0.1, 0.15) is 5.82 Å². The molecular formula is C27H27BrN2O2. The Kier molecular flexibility index (Phi) is 7.28. The summed E-state index contributed by atoms with van der Waals surface area (Å²) in [5, 5.41) is 0. The number of hydrogen-bond donors (Lipinski definition) is 0. The fourth-order valence-corrected chi connectivity index (χ4v) is 4.06. The Morgan fingerprint density at radius 1 is 1.00 bits per heavy atom. The van der Waals surface area contributed by atoms with Crippen molar-refractivity contribution in [3.8, 4) is 22.9 Å². The summed E-state index contributed by atoms with van der Waals surface area (Å²) in [4.78, 5) is 4.90. The molecule has 4 aromatic rings. The number of fused-ring (bicyclic) bond motifs is 1. The zero-order chi connectivity index (χ0) is 22.3. The Balaban J connectivity index is 1.42. The topological polar surface area (TPSA) is 36.3 Å². The summed E-state index contributed by atoms with van der Waals surface area (Å²) in [6, 6.07) is 22.7. The van der Waals surface area contributed by atoms with E-state index in [1.807, 2.05) is 24.3 Å². The van der Waals surface area contributed by atoms with E-state index >= 15 is 0 Å². The van der Waals surface area contributed by atoms with E-state index < -0.39 is 0 Å². The number of halogens is 1. The van der Waals surface area contributed by atoms with Gasteiger partial charge >= 0.3 is 0 Å². The van der Waals surface area contributed by atoms with Gasteiger partial charge in [-0.3, -0.25) is 0 Å². The molecule has 164 valence electrons. The first kappa shape index (κ1) is 22.2. The maximum absolute atomic E-state index is 6.02. The smallest absolute Gasteiger partial charge is 0.161 e. The second kappa shape index (κ2) is 10.5. The van der Waals surface area contributed by atoms with Gasteiger partial charge in [-0.1, -0.05) is 52.3 Å². The largest absolute Gasteiger partial charge is 0.493 e. The molecule has 0 unspecified atom stereocenters. The van der Waals surface area contributed by atoms with E-state index in [0.29, 0.717) is 6.61 Å². The first-order valence-corrected chi connectivity index (χ1v) is 11.6. The van der Waals surface area contributed by atoms with E-state index in [0.717, 1.165) is 69.8 Å². The molecule has 0 fully saturated rings. The van der Waals surface area contributed by atoms with Gasteiger partial charge in [0.15, 0.2) is 11.5 Å². The van der Waals surface area contributed by atoms with Crippen LogP contribution in [0.4, 0.5) is 0 Å². The van der Waals surface area contributed by atoms with E-state index in [2.05, 4.69) is 75.6 Å². The predicted octanol–water partition coefficient (Wildman–Crippen LogP) is 7.06. The third-order valence-electron chi connectivity index (χ3n) is 5.40. The number of aromatic nitrogens is 2. The highest BCUT2D eigenvalue weighted by atomic mass is 79.9. The van der Waals surface area contributed by atoms with E-state index in [4.69, 9.17) is 14.5 Å². The van der Waals surface area contributed by atoms with Crippen molar-refractivity contribution in [3.05, 3.63) is 89.4 Å². The average Bonchev–Trinajstić information content (AvgIpc) is 3.18. The van der Waals surface area contributed by atoms with Gasteiger partial charge in [-0.15, -0.1) is 6.58 Å². The van der Waals surface area contributed by atoms with Crippen LogP contribution in [-0.4, -0.2) is 23.3 Å². The van der Waals surface area contributed by atoms with Crippen molar-refractivity contribution in [2.24, 2.45) is 0 Å². The number of benzene rings is 3. The number of nitrogens with zero attached hydrogens (tertiary/aromatic N) is 2. The Labute approximate surface area is 197 Å². The predicted molar refractivity (Wildman–Crippen MR) is 134 cm³/mol. The molecule has 5 heteroatoms. The second-order valence-corrected chi connectivity index (χ2v) is 8.53. The number of ether oxygens (including phenoxy) is 2. The van der Waals surface area contributed by atoms with Gasteiger partial charge in [-0.25, -0.2) is 4.98 Å². The quantitative estimate of drug-likeness (QED) is 0.176. The molecule has 0 bridgehead atoms. The summed E-state index contributed by atoms with van der Waals surface area (Å²) < 4.78 is 14.9. The monoisotopic (exact) mass is 490 g/mol. The first-order valence-electron chi connectivity index (χ1n) is 10.8. The van der Waals surface area contributed by atoms with Crippen LogP contribution in [0.2, 0.25) is 0 Å². The zero-order valence-corrected chi connectivity index (χ0v) is 19.8. The average molecular weight is 491 g/mol. The van der Waals surface area contributed by atoms with Gasteiger partial charge in [0.05, 0.1) is 24.8 Å². The van der Waals surface area contributed by atoms with Crippen LogP contribution < -0.4 is 9.47 Å². The molecule has 0 spiro atoms. The highest BCUT2D eigenvalue weighted by Gasteiger charge is 2.12. The van der Waals surface area contributed by atoms with Gasteiger partial charge in [0, 0.05) is 16.6 Å². The molecule has 4 nitrogen and oxygen atoms in total. The van der Waals surface area contributed by atoms with Crippen molar-refractivity contribution in [1.82, 2.24) is 9.55 Å². The zero-order valence-electron chi connectivity index (χ0n) is 18.3. The number of aryl methyl sites for hydroxylation is 1. The van der Waals surface area contributed by atoms with E-state index in [9.17, 15) is 0 Å². The molecule has 0 aliphatic rings. The number of para-hydroxylation sites is 2. The molecule has 3 aromatic carbocycles. The van der Waals surface area contributed by atoms with Crippen molar-refractivity contribution in [1.29, 1.82) is 0 Å². The lowest BCUT2D eigenvalue weighted by atomic mass is 10.1. The summed E-state index contributed by atoms with van der Waals surface area (Å²) in [7, 11) is 1.67. The number of imidazole rings is 1. The normalized spacial score (nSPS) is 10.9. The molecule has 0 N–H and O–H groups in total. The molecule has 0 atom stereocenters. The molecule has 4 rings (SSSR count). The molecule has 0 saturated carbocycles. The second-order valence-electron chi connectivity index (χ2n) is 7.62. The van der Waals surface area contributed by atoms with Crippen LogP contribution in [0.25, 0.3) is 22.4 Å². The summed E-state index contributed by atoms with van der Waals surface area (Å²) in [5.41, 5.74) is 4.46. The van der Waals surface area contributed by atoms with Gasteiger partial charge in [-0.05, 0) is 61.2 Å². The van der Waals surface area contributed by atoms with Crippen LogP contribution in [0.1, 0.15) is 18.4 Å². The van der Waals surface area contributed by atoms with Crippen LogP contribution >= 0.6 is 15.9 Å². The minimum atomic E-state index is 0.636. The Bertz CT molecular complexity index is 1200. The summed E-state index contributed by atoms with van der Waals surface area (Å²) in [6.07, 6.45) is 4.62. The van der Waals surface area contributed by atoms with Crippen molar-refractivity contribution >= 4 is 27.0 Å². The van der Waals surface area contributed by atoms with Crippen molar-refractivity contribution in [2.45, 2.75) is 25.8 Å². The van der Waals surface area contributed by atoms with Crippen LogP contribution in [0.3, 0.4) is 0 Å². The minimum absolute atomic E-state index is 0.636. The SMILES string of the molecule is C=CCc1ccc(OCCCCn2c(-c3ccc(Br)cc3)nc3ccccc32)c(OC)c1. The molecule has 0 amide bonds. The minimum Gasteiger partial charge on any atom is -0.493 e. The Hall–Kier alpha value is -3.05. The molecule has 0 saturated heterocycles. The third kappa shape index (κ3) is 5.05. The summed E-state index contributed by atoms with van der Waals surface area (Å²) in [6.45, 7) is 5.31. The third-order valence-corrected chi connectivity index (χ3v) is 5.93. The van der Waals surface area contributed by atoms with Crippen LogP contribution in [-0.2, 0) is 13.0 Å². The Morgan fingerprint density at radius 2 is 1.81 bits per heavy atom. The lowest BCUT2D eigenvalue weighted by molar-refractivity contribution is 0.284. The number of methoxy groups -OCH3 is 1. The fourth-order valence-electron chi connectivity index (χ4n) is 3.80. The number of unbranched alkanes of at least 4 members (excludes halogenated alkanes) is 1. The molecule has 1 heterocycles. The van der Waals surface area contributed by atoms with E-state index in [-0.39, 0.29) is 0 Å². The summed E-state index contributed by atoms with van der Waals surface area (Å²) in [5.74, 6) is 2.55. The maximum Gasteiger partial charge on any atom is 0.161 e. The molecule has 0 aliphatic heterocycles. The summed E-state index contributed by atoms with van der Waals surface area (Å²) >= 11 is 3.52. The fraction of sp³-hybridized carbons (Fsp3) is 0.222. The van der Waals surface area contributed by atoms with Crippen LogP contribution in [0.5, 0.6) is 11.5 Å². The van der Waals surface area contributed by atoms with Gasteiger partial charge in [0.25, 0.3) is 0 Å². The highest BCUT2D eigenvalue weighted by Crippen LogP contribution is 2.29. The number of rotatable bonds is 10. The molecular weight excluding hydrogens is 464 g/mol. The Morgan fingerprint density at radius 3 is 2.59 bits per heavy atom. The standard InChI is InChI=1S/C27H27BrN2O2/c1-3-8-20-11-16-25(26(19-20)31-2)32-18-7-6-17-30-24-10-5-4-9-23(24)29-27(30)21-12-14-22(28)15-13-21/h3-5,9-16,19H,1,6-8,17-18H2,2H3. The van der Waals surface area contributed by atoms with Crippen molar-refractivity contribution in [2.75, 3.05) is 13.7 Å². The van der Waals surface area contributed by atoms with Crippen molar-refractivity contribution in [3.63, 3.8) is 0 Å². The van der Waals surface area contributed by atoms with Gasteiger partial charge in [-0.2, -0.15) is 0 Å². The van der Waals surface area contributed by atoms with Gasteiger partial charge < -0.3 is 14.0 Å². The molecule has 0 radical (unpaired) electrons. The maximum atomic E-state index is 6.02. The van der Waals surface area contributed by atoms with Crippen molar-refractivity contribution < 1.29 is 9.47 Å². The molecule has 0 aliphatic carbocycles. The lowest BCUT2D eigenvalue weighted by Gasteiger charge is -2.13. The first-order chi connectivity index (χ1) is 15.7. The lowest BCUT2D eigenvalue weighted by Crippen LogP contribution is -2.04. The van der Waals surface area contributed by atoms with Crippen LogP contribution in [0.15, 0.2) is 83.9 Å². The molecule has 1 aromatic heterocycles. The van der Waals surface area contributed by atoms with E-state index in [1.165, 1.54) is 0 Å². The van der Waals surface area contributed by atoms with Gasteiger partial charge in [0.2, 0.25) is 0 Å². The molecule has 32 heavy (non-hydrogen) atoms. The highest BCUT2D eigenvalue weighted by molar-refractivity contribution is 9.10. The van der Waals surface area contributed by atoms with E-state index in [1.54, 1.807) is 7.11 Å². The number of hydrogen-bond acceptors (Lipinski definition) is 3. The number of allylic oxidation sites excluding steroid dienone is 1. The van der Waals surface area contributed by atoms with Crippen LogP contribution in [0, 0.1) is 0 Å².